The third-order valence-electron chi connectivity index (χ3n) is 5.51. The summed E-state index contributed by atoms with van der Waals surface area (Å²) in [5.74, 6) is -1.75. The summed E-state index contributed by atoms with van der Waals surface area (Å²) in [4.78, 5) is 34.9. The maximum absolute atomic E-state index is 12.1. The lowest BCUT2D eigenvalue weighted by atomic mass is 9.98. The lowest BCUT2D eigenvalue weighted by Crippen LogP contribution is -2.47. The Labute approximate surface area is 186 Å². The van der Waals surface area contributed by atoms with Gasteiger partial charge in [-0.25, -0.2) is 9.59 Å². The van der Waals surface area contributed by atoms with E-state index in [-0.39, 0.29) is 18.9 Å². The fourth-order valence-corrected chi connectivity index (χ4v) is 3.88. The van der Waals surface area contributed by atoms with Crippen LogP contribution in [0.25, 0.3) is 11.1 Å². The van der Waals surface area contributed by atoms with Gasteiger partial charge in [-0.15, -0.1) is 0 Å². The zero-order chi connectivity index (χ0) is 23.1. The summed E-state index contributed by atoms with van der Waals surface area (Å²) >= 11 is 0. The standard InChI is InChI=1S/C24H28N2O6/c1-15(27)22(23(29)30)26-21(28)12-6-7-13-25-24(31)32-14-20-18-10-4-2-8-16(18)17-9-3-5-11-19(17)20/h2-5,8-11,15,20,22,27H,6-7,12-14H2,1H3,(H,25,31)(H,26,28)(H,29,30)/t15-,22+/m1/s1. The molecule has 0 spiro atoms. The number of carboxylic acids is 1. The number of fused-ring (bicyclic) bond motifs is 3. The molecule has 1 aliphatic carbocycles. The Morgan fingerprint density at radius 3 is 2.16 bits per heavy atom. The first kappa shape index (κ1) is 23.3. The van der Waals surface area contributed by atoms with Gasteiger partial charge < -0.3 is 25.6 Å². The van der Waals surface area contributed by atoms with E-state index in [0.29, 0.717) is 19.4 Å². The highest BCUT2D eigenvalue weighted by atomic mass is 16.5. The number of aliphatic carboxylic acids is 1. The van der Waals surface area contributed by atoms with E-state index in [1.54, 1.807) is 0 Å². The summed E-state index contributed by atoms with van der Waals surface area (Å²) in [7, 11) is 0. The third kappa shape index (κ3) is 5.64. The molecule has 170 valence electrons. The van der Waals surface area contributed by atoms with Gasteiger partial charge in [0.05, 0.1) is 6.10 Å². The highest BCUT2D eigenvalue weighted by molar-refractivity contribution is 5.84. The van der Waals surface area contributed by atoms with Crippen LogP contribution in [0.1, 0.15) is 43.2 Å². The topological polar surface area (TPSA) is 125 Å². The average Bonchev–Trinajstić information content (AvgIpc) is 3.09. The summed E-state index contributed by atoms with van der Waals surface area (Å²) in [6.07, 6.45) is -0.614. The number of nitrogens with one attached hydrogen (secondary N) is 2. The SMILES string of the molecule is C[C@@H](O)[C@H](NC(=O)CCCCNC(=O)OCC1c2ccccc2-c2ccccc21)C(=O)O. The van der Waals surface area contributed by atoms with Crippen LogP contribution in [0.4, 0.5) is 4.79 Å². The predicted octanol–water partition coefficient (Wildman–Crippen LogP) is 2.65. The number of alkyl carbamates (subject to hydrolysis) is 1. The van der Waals surface area contributed by atoms with Crippen molar-refractivity contribution in [3.8, 4) is 11.1 Å². The van der Waals surface area contributed by atoms with Crippen molar-refractivity contribution < 1.29 is 29.3 Å². The number of benzene rings is 2. The Bertz CT molecular complexity index is 929. The van der Waals surface area contributed by atoms with Gasteiger partial charge in [-0.05, 0) is 42.0 Å². The Morgan fingerprint density at radius 1 is 1.00 bits per heavy atom. The minimum absolute atomic E-state index is 0.00653. The molecular formula is C24H28N2O6. The lowest BCUT2D eigenvalue weighted by molar-refractivity contribution is -0.144. The maximum Gasteiger partial charge on any atom is 0.407 e. The number of carbonyl (C=O) groups is 3. The molecule has 0 radical (unpaired) electrons. The number of aliphatic hydroxyl groups is 1. The molecule has 0 bridgehead atoms. The summed E-state index contributed by atoms with van der Waals surface area (Å²) in [5.41, 5.74) is 4.61. The fourth-order valence-electron chi connectivity index (χ4n) is 3.88. The van der Waals surface area contributed by atoms with Gasteiger partial charge in [0.15, 0.2) is 6.04 Å². The Hall–Kier alpha value is -3.39. The van der Waals surface area contributed by atoms with Crippen molar-refractivity contribution in [1.29, 1.82) is 0 Å². The Kier molecular flexibility index (Phi) is 7.83. The lowest BCUT2D eigenvalue weighted by Gasteiger charge is -2.17. The number of rotatable bonds is 10. The molecule has 3 rings (SSSR count). The summed E-state index contributed by atoms with van der Waals surface area (Å²) in [6, 6.07) is 14.9. The molecule has 0 unspecified atom stereocenters. The highest BCUT2D eigenvalue weighted by Gasteiger charge is 2.29. The predicted molar refractivity (Wildman–Crippen MR) is 118 cm³/mol. The van der Waals surface area contributed by atoms with Crippen molar-refractivity contribution in [2.45, 2.75) is 44.2 Å². The maximum atomic E-state index is 12.1. The number of aliphatic hydroxyl groups excluding tert-OH is 1. The number of unbranched alkanes of at least 4 members (excludes halogenated alkanes) is 1. The van der Waals surface area contributed by atoms with E-state index in [1.807, 2.05) is 24.3 Å². The number of hydrogen-bond donors (Lipinski definition) is 4. The number of amides is 2. The summed E-state index contributed by atoms with van der Waals surface area (Å²) in [6.45, 7) is 1.87. The molecule has 2 aromatic carbocycles. The molecule has 32 heavy (non-hydrogen) atoms. The quantitative estimate of drug-likeness (QED) is 0.421. The summed E-state index contributed by atoms with van der Waals surface area (Å²) < 4.78 is 5.45. The van der Waals surface area contributed by atoms with Crippen LogP contribution < -0.4 is 10.6 Å². The molecule has 0 saturated heterocycles. The summed E-state index contributed by atoms with van der Waals surface area (Å²) in [5, 5.41) is 23.3. The molecule has 2 amide bonds. The van der Waals surface area contributed by atoms with Gasteiger partial charge in [0.1, 0.15) is 6.61 Å². The fraction of sp³-hybridized carbons (Fsp3) is 0.375. The van der Waals surface area contributed by atoms with Crippen LogP contribution in [0.3, 0.4) is 0 Å². The third-order valence-corrected chi connectivity index (χ3v) is 5.51. The zero-order valence-corrected chi connectivity index (χ0v) is 17.9. The Morgan fingerprint density at radius 2 is 1.59 bits per heavy atom. The second kappa shape index (κ2) is 10.8. The molecule has 0 heterocycles. The van der Waals surface area contributed by atoms with Gasteiger partial charge in [0, 0.05) is 18.9 Å². The number of ether oxygens (including phenoxy) is 1. The molecule has 8 heteroatoms. The average molecular weight is 440 g/mol. The van der Waals surface area contributed by atoms with E-state index in [4.69, 9.17) is 9.84 Å². The smallest absolute Gasteiger partial charge is 0.407 e. The minimum Gasteiger partial charge on any atom is -0.480 e. The van der Waals surface area contributed by atoms with Gasteiger partial charge in [-0.3, -0.25) is 4.79 Å². The van der Waals surface area contributed by atoms with Crippen molar-refractivity contribution in [2.75, 3.05) is 13.2 Å². The van der Waals surface area contributed by atoms with Crippen molar-refractivity contribution in [1.82, 2.24) is 10.6 Å². The van der Waals surface area contributed by atoms with Gasteiger partial charge in [-0.1, -0.05) is 48.5 Å². The number of carboxylic acid groups (broad SMARTS) is 1. The van der Waals surface area contributed by atoms with Gasteiger partial charge in [0.25, 0.3) is 0 Å². The number of hydrogen-bond acceptors (Lipinski definition) is 5. The normalized spacial score (nSPS) is 14.1. The molecular weight excluding hydrogens is 412 g/mol. The second-order valence-corrected chi connectivity index (χ2v) is 7.83. The molecule has 0 saturated carbocycles. The van der Waals surface area contributed by atoms with E-state index in [1.165, 1.54) is 6.92 Å². The van der Waals surface area contributed by atoms with E-state index in [2.05, 4.69) is 34.9 Å². The first-order valence-electron chi connectivity index (χ1n) is 10.7. The molecule has 0 aliphatic heterocycles. The van der Waals surface area contributed by atoms with E-state index in [0.717, 1.165) is 22.3 Å². The van der Waals surface area contributed by atoms with E-state index >= 15 is 0 Å². The van der Waals surface area contributed by atoms with Crippen LogP contribution in [0.2, 0.25) is 0 Å². The molecule has 4 N–H and O–H groups in total. The van der Waals surface area contributed by atoms with Gasteiger partial charge in [0.2, 0.25) is 5.91 Å². The first-order valence-corrected chi connectivity index (χ1v) is 10.7. The molecule has 0 aromatic heterocycles. The molecule has 8 nitrogen and oxygen atoms in total. The van der Waals surface area contributed by atoms with Gasteiger partial charge >= 0.3 is 12.1 Å². The van der Waals surface area contributed by atoms with Crippen LogP contribution >= 0.6 is 0 Å². The van der Waals surface area contributed by atoms with Crippen molar-refractivity contribution >= 4 is 18.0 Å². The van der Waals surface area contributed by atoms with Crippen LogP contribution in [0, 0.1) is 0 Å². The highest BCUT2D eigenvalue weighted by Crippen LogP contribution is 2.44. The molecule has 2 atom stereocenters. The first-order chi connectivity index (χ1) is 15.4. The zero-order valence-electron chi connectivity index (χ0n) is 17.9. The van der Waals surface area contributed by atoms with Crippen LogP contribution in [0.15, 0.2) is 48.5 Å². The van der Waals surface area contributed by atoms with Crippen molar-refractivity contribution in [3.05, 3.63) is 59.7 Å². The van der Waals surface area contributed by atoms with Crippen molar-refractivity contribution in [3.63, 3.8) is 0 Å². The van der Waals surface area contributed by atoms with Crippen LogP contribution in [-0.4, -0.2) is 53.5 Å². The minimum atomic E-state index is -1.33. The van der Waals surface area contributed by atoms with E-state index < -0.39 is 30.1 Å². The monoisotopic (exact) mass is 440 g/mol. The van der Waals surface area contributed by atoms with Gasteiger partial charge in [-0.2, -0.15) is 0 Å². The molecule has 2 aromatic rings. The Balaban J connectivity index is 1.38. The molecule has 1 aliphatic rings. The second-order valence-electron chi connectivity index (χ2n) is 7.83. The molecule has 0 fully saturated rings. The number of carbonyl (C=O) groups excluding carboxylic acids is 2. The van der Waals surface area contributed by atoms with Crippen LogP contribution in [0.5, 0.6) is 0 Å². The van der Waals surface area contributed by atoms with Crippen molar-refractivity contribution in [2.24, 2.45) is 0 Å². The largest absolute Gasteiger partial charge is 0.480 e. The van der Waals surface area contributed by atoms with E-state index in [9.17, 15) is 19.5 Å². The van der Waals surface area contributed by atoms with Crippen LogP contribution in [-0.2, 0) is 14.3 Å².